The van der Waals surface area contributed by atoms with E-state index in [2.05, 4.69) is 138 Å². The van der Waals surface area contributed by atoms with E-state index in [1.807, 2.05) is 42.5 Å². The number of thioether (sulfide) groups is 1. The summed E-state index contributed by atoms with van der Waals surface area (Å²) < 4.78 is 6.84. The van der Waals surface area contributed by atoms with Gasteiger partial charge in [-0.25, -0.2) is 0 Å². The average molecular weight is 685 g/mol. The Morgan fingerprint density at radius 1 is 0.580 bits per heavy atom. The number of nitrogens with zero attached hydrogens (tertiary/aromatic N) is 3. The monoisotopic (exact) mass is 684 g/mol. The van der Waals surface area contributed by atoms with Gasteiger partial charge in [-0.3, -0.25) is 5.43 Å². The van der Waals surface area contributed by atoms with Crippen LogP contribution in [0.3, 0.4) is 0 Å². The maximum atomic E-state index is 6.84. The predicted molar refractivity (Wildman–Crippen MR) is 207 cm³/mol. The second-order valence-corrected chi connectivity index (χ2v) is 15.0. The number of fused-ring (bicyclic) bond motifs is 2. The van der Waals surface area contributed by atoms with E-state index < -0.39 is 0 Å². The Bertz CT molecular complexity index is 2370. The van der Waals surface area contributed by atoms with Crippen molar-refractivity contribution in [2.75, 3.05) is 0 Å². The van der Waals surface area contributed by atoms with Crippen molar-refractivity contribution in [2.24, 2.45) is 5.10 Å². The molecule has 0 saturated heterocycles. The van der Waals surface area contributed by atoms with Crippen molar-refractivity contribution in [3.8, 4) is 54.9 Å². The van der Waals surface area contributed by atoms with Crippen LogP contribution in [-0.4, -0.2) is 15.2 Å². The van der Waals surface area contributed by atoms with E-state index in [0.717, 1.165) is 59.9 Å². The number of hydrogen-bond acceptors (Lipinski definition) is 7. The molecule has 1 N–H and O–H groups in total. The normalized spacial score (nSPS) is 15.7. The zero-order chi connectivity index (χ0) is 33.7. The third-order valence-electron chi connectivity index (χ3n) is 9.50. The van der Waals surface area contributed by atoms with E-state index in [-0.39, 0.29) is 10.8 Å². The van der Waals surface area contributed by atoms with E-state index in [9.17, 15) is 0 Å². The third kappa shape index (κ3) is 5.39. The fourth-order valence-corrected chi connectivity index (χ4v) is 8.75. The molecule has 2 aliphatic heterocycles. The number of para-hydroxylation sites is 1. The lowest BCUT2D eigenvalue weighted by Crippen LogP contribution is -2.25. The van der Waals surface area contributed by atoms with Crippen molar-refractivity contribution in [3.63, 3.8) is 0 Å². The Labute approximate surface area is 299 Å². The van der Waals surface area contributed by atoms with Crippen LogP contribution in [0.2, 0.25) is 0 Å². The van der Waals surface area contributed by atoms with Crippen molar-refractivity contribution in [2.45, 2.75) is 24.6 Å². The lowest BCUT2D eigenvalue weighted by atomic mass is 9.72. The van der Waals surface area contributed by atoms with Crippen LogP contribution in [-0.2, 0) is 5.41 Å². The number of nitrogens with one attached hydrogen (secondary N) is 1. The minimum Gasteiger partial charge on any atom is -0.456 e. The van der Waals surface area contributed by atoms with E-state index in [4.69, 9.17) is 4.74 Å². The summed E-state index contributed by atoms with van der Waals surface area (Å²) in [4.78, 5) is 0. The molecule has 2 aliphatic rings. The van der Waals surface area contributed by atoms with Crippen LogP contribution in [0.1, 0.15) is 41.5 Å². The van der Waals surface area contributed by atoms with Crippen LogP contribution >= 0.6 is 23.1 Å². The smallest absolute Gasteiger partial charge is 0.148 e. The molecular formula is C43H32N4OS2. The highest BCUT2D eigenvalue weighted by atomic mass is 32.2. The summed E-state index contributed by atoms with van der Waals surface area (Å²) in [5, 5.41) is 16.5. The molecule has 0 fully saturated rings. The summed E-state index contributed by atoms with van der Waals surface area (Å²) in [5.74, 6) is 1.80. The number of ether oxygens (including phenoxy) is 1. The SMILES string of the molecule is CC1(C)c2ccccc2Oc2c(-c3ccc(-c4nnc(-c5ccccc5)s4)cc3)ccc(-c3ccc(C4NN=C(c5ccccc5)S4)cc3)c21. The first-order valence-corrected chi connectivity index (χ1v) is 18.3. The molecule has 0 aliphatic carbocycles. The molecular weight excluding hydrogens is 653 g/mol. The minimum atomic E-state index is -0.296. The molecule has 6 aromatic carbocycles. The number of aromatic nitrogens is 2. The molecule has 9 rings (SSSR count). The number of rotatable bonds is 6. The van der Waals surface area contributed by atoms with E-state index in [1.54, 1.807) is 23.1 Å². The average Bonchev–Trinajstić information content (AvgIpc) is 3.87. The van der Waals surface area contributed by atoms with Gasteiger partial charge in [-0.05, 0) is 34.4 Å². The summed E-state index contributed by atoms with van der Waals surface area (Å²) >= 11 is 3.35. The molecule has 0 radical (unpaired) electrons. The molecule has 0 saturated carbocycles. The van der Waals surface area contributed by atoms with Crippen molar-refractivity contribution in [3.05, 3.63) is 168 Å². The van der Waals surface area contributed by atoms with Gasteiger partial charge >= 0.3 is 0 Å². The van der Waals surface area contributed by atoms with Crippen molar-refractivity contribution in [1.82, 2.24) is 15.6 Å². The van der Waals surface area contributed by atoms with Gasteiger partial charge in [-0.15, -0.1) is 10.2 Å². The Morgan fingerprint density at radius 2 is 1.14 bits per heavy atom. The van der Waals surface area contributed by atoms with Crippen molar-refractivity contribution >= 4 is 28.1 Å². The molecule has 0 spiro atoms. The highest BCUT2D eigenvalue weighted by Crippen LogP contribution is 2.54. The number of benzene rings is 6. The second-order valence-electron chi connectivity index (χ2n) is 13.0. The topological polar surface area (TPSA) is 59.4 Å². The number of hydrazone groups is 1. The molecule has 0 bridgehead atoms. The summed E-state index contributed by atoms with van der Waals surface area (Å²) in [6, 6.07) is 50.9. The van der Waals surface area contributed by atoms with E-state index in [0.29, 0.717) is 0 Å². The van der Waals surface area contributed by atoms with Gasteiger partial charge in [0.25, 0.3) is 0 Å². The summed E-state index contributed by atoms with van der Waals surface area (Å²) in [6.45, 7) is 4.61. The van der Waals surface area contributed by atoms with Gasteiger partial charge in [-0.2, -0.15) is 5.10 Å². The molecule has 242 valence electrons. The Kier molecular flexibility index (Phi) is 7.60. The first kappa shape index (κ1) is 30.6. The summed E-state index contributed by atoms with van der Waals surface area (Å²) in [5.41, 5.74) is 14.3. The molecule has 1 aromatic heterocycles. The first-order valence-electron chi connectivity index (χ1n) is 16.6. The van der Waals surface area contributed by atoms with Crippen LogP contribution in [0, 0.1) is 0 Å². The van der Waals surface area contributed by atoms with Crippen LogP contribution in [0.25, 0.3) is 43.4 Å². The minimum absolute atomic E-state index is 0.0651. The van der Waals surface area contributed by atoms with Gasteiger partial charge in [-0.1, -0.05) is 170 Å². The van der Waals surface area contributed by atoms with Gasteiger partial charge in [0.05, 0.1) is 0 Å². The zero-order valence-corrected chi connectivity index (χ0v) is 29.1. The summed E-state index contributed by atoms with van der Waals surface area (Å²) in [6.07, 6.45) is 0. The lowest BCUT2D eigenvalue weighted by molar-refractivity contribution is 0.420. The van der Waals surface area contributed by atoms with Crippen LogP contribution in [0.4, 0.5) is 0 Å². The Morgan fingerprint density at radius 3 is 1.86 bits per heavy atom. The maximum absolute atomic E-state index is 6.84. The highest BCUT2D eigenvalue weighted by molar-refractivity contribution is 8.14. The Balaban J connectivity index is 1.06. The third-order valence-corrected chi connectivity index (χ3v) is 11.7. The molecule has 1 atom stereocenters. The Hall–Kier alpha value is -5.50. The van der Waals surface area contributed by atoms with E-state index in [1.165, 1.54) is 22.3 Å². The van der Waals surface area contributed by atoms with Gasteiger partial charge < -0.3 is 4.74 Å². The molecule has 1 unspecified atom stereocenters. The lowest BCUT2D eigenvalue weighted by Gasteiger charge is -2.37. The number of hydrogen-bond donors (Lipinski definition) is 1. The quantitative estimate of drug-likeness (QED) is 0.189. The first-order chi connectivity index (χ1) is 24.5. The fourth-order valence-electron chi connectivity index (χ4n) is 6.90. The van der Waals surface area contributed by atoms with Gasteiger partial charge in [0, 0.05) is 38.8 Å². The van der Waals surface area contributed by atoms with Crippen LogP contribution < -0.4 is 10.2 Å². The maximum Gasteiger partial charge on any atom is 0.148 e. The largest absolute Gasteiger partial charge is 0.456 e. The second kappa shape index (κ2) is 12.4. The van der Waals surface area contributed by atoms with Crippen molar-refractivity contribution < 1.29 is 4.74 Å². The van der Waals surface area contributed by atoms with Crippen LogP contribution in [0.15, 0.2) is 151 Å². The van der Waals surface area contributed by atoms with Gasteiger partial charge in [0.1, 0.15) is 31.9 Å². The highest BCUT2D eigenvalue weighted by Gasteiger charge is 2.38. The van der Waals surface area contributed by atoms with Crippen molar-refractivity contribution in [1.29, 1.82) is 0 Å². The predicted octanol–water partition coefficient (Wildman–Crippen LogP) is 11.3. The molecule has 7 heteroatoms. The zero-order valence-electron chi connectivity index (χ0n) is 27.5. The molecule has 3 heterocycles. The molecule has 0 amide bonds. The van der Waals surface area contributed by atoms with Gasteiger partial charge in [0.15, 0.2) is 0 Å². The summed E-state index contributed by atoms with van der Waals surface area (Å²) in [7, 11) is 0. The van der Waals surface area contributed by atoms with Gasteiger partial charge in [0.2, 0.25) is 0 Å². The standard InChI is InChI=1S/C43H32N4OS2/c1-43(2)35-15-9-10-16-36(35)48-38-34(28-19-23-32(24-20-28)42-47-45-40(50-42)30-13-7-4-8-14-30)26-25-33(37(38)43)27-17-21-31(22-18-27)41-46-44-39(49-41)29-11-5-3-6-12-29/h3-26,41,46H,1-2H3. The molecule has 50 heavy (non-hydrogen) atoms. The fraction of sp³-hybridized carbons (Fsp3) is 0.0930. The molecule has 7 aromatic rings. The molecule has 5 nitrogen and oxygen atoms in total. The van der Waals surface area contributed by atoms with Crippen LogP contribution in [0.5, 0.6) is 11.5 Å². The van der Waals surface area contributed by atoms with E-state index >= 15 is 0 Å².